The standard InChI is InChI=1S/C25H28Cl2FN3O4/c1-31(17-4-2-16(26)3-5-17)14-22(33)30-25-10-8-24(9-11-25,13-21(25)32)29-23(34)15-35-18-6-7-19(27)20(28)12-18/h2-7,12,21,32H,8-11,13-15H2,1H3,(H,29,34)(H,30,33)/t21-,24?,25?/m1/s1. The summed E-state index contributed by atoms with van der Waals surface area (Å²) in [6.07, 6.45) is 1.89. The number of anilines is 1. The quantitative estimate of drug-likeness (QED) is 0.490. The van der Waals surface area contributed by atoms with Crippen LogP contribution in [0.25, 0.3) is 0 Å². The molecule has 7 nitrogen and oxygen atoms in total. The molecular formula is C25H28Cl2FN3O4. The molecular weight excluding hydrogens is 496 g/mol. The molecule has 35 heavy (non-hydrogen) atoms. The monoisotopic (exact) mass is 523 g/mol. The van der Waals surface area contributed by atoms with Crippen molar-refractivity contribution in [1.29, 1.82) is 0 Å². The van der Waals surface area contributed by atoms with E-state index in [2.05, 4.69) is 10.6 Å². The summed E-state index contributed by atoms with van der Waals surface area (Å²) in [5, 5.41) is 17.6. The van der Waals surface area contributed by atoms with Crippen molar-refractivity contribution < 1.29 is 23.8 Å². The fraction of sp³-hybridized carbons (Fsp3) is 0.440. The Labute approximate surface area is 213 Å². The molecule has 2 aromatic rings. The lowest BCUT2D eigenvalue weighted by molar-refractivity contribution is -0.135. The number of fused-ring (bicyclic) bond motifs is 3. The lowest BCUT2D eigenvalue weighted by Gasteiger charge is -2.56. The van der Waals surface area contributed by atoms with Crippen LogP contribution >= 0.6 is 23.2 Å². The lowest BCUT2D eigenvalue weighted by atomic mass is 9.60. The predicted molar refractivity (Wildman–Crippen MR) is 132 cm³/mol. The molecule has 0 aromatic heterocycles. The molecule has 3 saturated carbocycles. The number of amides is 2. The van der Waals surface area contributed by atoms with E-state index in [0.29, 0.717) is 37.1 Å². The molecule has 1 atom stereocenters. The van der Waals surface area contributed by atoms with Gasteiger partial charge in [-0.1, -0.05) is 23.2 Å². The highest BCUT2D eigenvalue weighted by atomic mass is 35.5. The van der Waals surface area contributed by atoms with Crippen LogP contribution in [0.1, 0.15) is 32.1 Å². The summed E-state index contributed by atoms with van der Waals surface area (Å²) in [4.78, 5) is 27.2. The maximum atomic E-state index is 13.6. The number of nitrogens with zero attached hydrogens (tertiary/aromatic N) is 1. The summed E-state index contributed by atoms with van der Waals surface area (Å²) in [5.41, 5.74) is -0.403. The number of aliphatic hydroxyl groups is 1. The van der Waals surface area contributed by atoms with Gasteiger partial charge in [0.2, 0.25) is 5.91 Å². The third-order valence-corrected chi connectivity index (χ3v) is 7.58. The molecule has 0 heterocycles. The minimum Gasteiger partial charge on any atom is -0.484 e. The van der Waals surface area contributed by atoms with Gasteiger partial charge in [0.1, 0.15) is 11.6 Å². The van der Waals surface area contributed by atoms with Crippen molar-refractivity contribution in [3.8, 4) is 5.75 Å². The molecule has 3 aliphatic carbocycles. The first kappa shape index (κ1) is 25.5. The Kier molecular flexibility index (Phi) is 7.45. The second-order valence-electron chi connectivity index (χ2n) is 9.45. The van der Waals surface area contributed by atoms with Crippen LogP contribution in [0, 0.1) is 5.82 Å². The van der Waals surface area contributed by atoms with Gasteiger partial charge in [0.05, 0.1) is 23.2 Å². The molecule has 0 spiro atoms. The Morgan fingerprint density at radius 1 is 1.09 bits per heavy atom. The van der Waals surface area contributed by atoms with E-state index in [4.69, 9.17) is 27.9 Å². The van der Waals surface area contributed by atoms with Gasteiger partial charge < -0.3 is 25.4 Å². The molecule has 2 amide bonds. The van der Waals surface area contributed by atoms with Crippen LogP contribution in [0.3, 0.4) is 0 Å². The van der Waals surface area contributed by atoms with Crippen LogP contribution in [0.2, 0.25) is 10.0 Å². The molecule has 3 fully saturated rings. The summed E-state index contributed by atoms with van der Waals surface area (Å²) in [6.45, 7) is -0.140. The number of rotatable bonds is 8. The van der Waals surface area contributed by atoms with Gasteiger partial charge in [-0.2, -0.15) is 0 Å². The van der Waals surface area contributed by atoms with E-state index in [0.717, 1.165) is 11.8 Å². The molecule has 2 aromatic carbocycles. The first-order valence-corrected chi connectivity index (χ1v) is 12.2. The first-order chi connectivity index (χ1) is 16.6. The second-order valence-corrected chi connectivity index (χ2v) is 10.3. The number of hydrogen-bond acceptors (Lipinski definition) is 5. The van der Waals surface area contributed by atoms with Gasteiger partial charge in [-0.15, -0.1) is 0 Å². The summed E-state index contributed by atoms with van der Waals surface area (Å²) in [5.74, 6) is -0.945. The first-order valence-electron chi connectivity index (χ1n) is 11.4. The third kappa shape index (κ3) is 5.82. The van der Waals surface area contributed by atoms with Gasteiger partial charge in [-0.05, 0) is 68.5 Å². The van der Waals surface area contributed by atoms with E-state index >= 15 is 0 Å². The highest BCUT2D eigenvalue weighted by Crippen LogP contribution is 2.47. The maximum absolute atomic E-state index is 13.6. The number of hydrogen-bond donors (Lipinski definition) is 3. The Morgan fingerprint density at radius 3 is 2.40 bits per heavy atom. The van der Waals surface area contributed by atoms with Crippen LogP contribution in [-0.2, 0) is 9.59 Å². The topological polar surface area (TPSA) is 90.9 Å². The minimum absolute atomic E-state index is 0.0220. The number of carbonyl (C=O) groups is 2. The van der Waals surface area contributed by atoms with Crippen molar-refractivity contribution in [2.45, 2.75) is 49.3 Å². The summed E-state index contributed by atoms with van der Waals surface area (Å²) >= 11 is 11.6. The summed E-state index contributed by atoms with van der Waals surface area (Å²) < 4.78 is 18.9. The molecule has 0 aliphatic heterocycles. The third-order valence-electron chi connectivity index (χ3n) is 7.02. The number of likely N-dealkylation sites (N-methyl/N-ethyl adjacent to an activating group) is 1. The molecule has 5 rings (SSSR count). The molecule has 2 bridgehead atoms. The smallest absolute Gasteiger partial charge is 0.258 e. The molecule has 0 saturated heterocycles. The van der Waals surface area contributed by atoms with Crippen molar-refractivity contribution in [2.24, 2.45) is 0 Å². The van der Waals surface area contributed by atoms with Gasteiger partial charge >= 0.3 is 0 Å². The molecule has 188 valence electrons. The van der Waals surface area contributed by atoms with E-state index in [-0.39, 0.29) is 35.7 Å². The van der Waals surface area contributed by atoms with Crippen LogP contribution in [0.5, 0.6) is 5.75 Å². The van der Waals surface area contributed by atoms with Crippen molar-refractivity contribution in [1.82, 2.24) is 10.6 Å². The zero-order valence-corrected chi connectivity index (χ0v) is 20.8. The van der Waals surface area contributed by atoms with Crippen molar-refractivity contribution >= 4 is 40.7 Å². The van der Waals surface area contributed by atoms with Gasteiger partial charge in [0, 0.05) is 29.4 Å². The largest absolute Gasteiger partial charge is 0.484 e. The van der Waals surface area contributed by atoms with E-state index in [1.165, 1.54) is 12.1 Å². The van der Waals surface area contributed by atoms with E-state index in [1.54, 1.807) is 12.1 Å². The fourth-order valence-electron chi connectivity index (χ4n) is 5.03. The van der Waals surface area contributed by atoms with Gasteiger partial charge in [-0.3, -0.25) is 9.59 Å². The van der Waals surface area contributed by atoms with E-state index in [9.17, 15) is 19.1 Å². The van der Waals surface area contributed by atoms with Crippen LogP contribution < -0.4 is 20.3 Å². The summed E-state index contributed by atoms with van der Waals surface area (Å²) in [6, 6.07) is 11.2. The number of ether oxygens (including phenoxy) is 1. The van der Waals surface area contributed by atoms with Crippen LogP contribution in [-0.4, -0.2) is 54.3 Å². The lowest BCUT2D eigenvalue weighted by Crippen LogP contribution is -2.70. The Balaban J connectivity index is 1.29. The Bertz CT molecular complexity index is 1090. The number of halogens is 3. The zero-order chi connectivity index (χ0) is 25.2. The minimum atomic E-state index is -0.790. The SMILES string of the molecule is CN(CC(=O)NC12CCC(NC(=O)COc3ccc(Cl)c(F)c3)(CC1)C[C@H]2O)c1ccc(Cl)cc1. The predicted octanol–water partition coefficient (Wildman–Crippen LogP) is 3.70. The molecule has 0 unspecified atom stereocenters. The average Bonchev–Trinajstić information content (AvgIpc) is 2.81. The highest BCUT2D eigenvalue weighted by molar-refractivity contribution is 6.31. The molecule has 10 heteroatoms. The Hall–Kier alpha value is -2.55. The maximum Gasteiger partial charge on any atom is 0.258 e. The number of carbonyl (C=O) groups excluding carboxylic acids is 2. The summed E-state index contributed by atoms with van der Waals surface area (Å²) in [7, 11) is 1.82. The van der Waals surface area contributed by atoms with Gasteiger partial charge in [0.15, 0.2) is 6.61 Å². The van der Waals surface area contributed by atoms with Crippen molar-refractivity contribution in [3.05, 3.63) is 58.3 Å². The average molecular weight is 524 g/mol. The van der Waals surface area contributed by atoms with Crippen molar-refractivity contribution in [3.63, 3.8) is 0 Å². The van der Waals surface area contributed by atoms with Gasteiger partial charge in [0.25, 0.3) is 5.91 Å². The molecule has 3 N–H and O–H groups in total. The van der Waals surface area contributed by atoms with E-state index < -0.39 is 23.0 Å². The molecule has 0 radical (unpaired) electrons. The van der Waals surface area contributed by atoms with Crippen LogP contribution in [0.4, 0.5) is 10.1 Å². The second kappa shape index (κ2) is 10.2. The fourth-order valence-corrected chi connectivity index (χ4v) is 5.27. The number of benzene rings is 2. The molecule has 3 aliphatic rings. The number of nitrogens with one attached hydrogen (secondary N) is 2. The normalized spacial score (nSPS) is 25.1. The van der Waals surface area contributed by atoms with Crippen molar-refractivity contribution in [2.75, 3.05) is 25.1 Å². The zero-order valence-electron chi connectivity index (χ0n) is 19.3. The van der Waals surface area contributed by atoms with E-state index in [1.807, 2.05) is 24.1 Å². The Morgan fingerprint density at radius 2 is 1.77 bits per heavy atom. The number of aliphatic hydroxyl groups excluding tert-OH is 1. The van der Waals surface area contributed by atoms with Gasteiger partial charge in [-0.25, -0.2) is 4.39 Å². The van der Waals surface area contributed by atoms with Crippen LogP contribution in [0.15, 0.2) is 42.5 Å². The highest BCUT2D eigenvalue weighted by Gasteiger charge is 2.55.